The van der Waals surface area contributed by atoms with Crippen LogP contribution in [0.4, 0.5) is 0 Å². The van der Waals surface area contributed by atoms with Gasteiger partial charge >= 0.3 is 0 Å². The van der Waals surface area contributed by atoms with E-state index in [0.29, 0.717) is 17.5 Å². The van der Waals surface area contributed by atoms with Crippen LogP contribution in [0.5, 0.6) is 0 Å². The van der Waals surface area contributed by atoms with Gasteiger partial charge in [0, 0.05) is 49.6 Å². The number of hydrogen-bond acceptors (Lipinski definition) is 3. The maximum absolute atomic E-state index is 5.45. The lowest BCUT2D eigenvalue weighted by molar-refractivity contribution is 1.07. The molecule has 3 heterocycles. The Hall–Kier alpha value is -9.97. The first kappa shape index (κ1) is 54.0. The van der Waals surface area contributed by atoms with Crippen LogP contribution in [0.15, 0.2) is 200 Å². The molecule has 0 atom stereocenters. The van der Waals surface area contributed by atoms with Gasteiger partial charge in [0.1, 0.15) is 0 Å². The van der Waals surface area contributed by atoms with Gasteiger partial charge < -0.3 is 9.13 Å². The first-order valence-electron chi connectivity index (χ1n) is 30.1. The van der Waals surface area contributed by atoms with E-state index in [1.54, 1.807) is 0 Å². The number of benzene rings is 11. The van der Waals surface area contributed by atoms with Gasteiger partial charge in [0.05, 0.1) is 22.1 Å². The van der Waals surface area contributed by atoms with Crippen LogP contribution in [-0.4, -0.2) is 24.1 Å². The Bertz CT molecular complexity index is 4710. The van der Waals surface area contributed by atoms with E-state index in [4.69, 9.17) is 15.0 Å². The molecule has 0 amide bonds. The summed E-state index contributed by atoms with van der Waals surface area (Å²) in [4.78, 5) is 16.1. The average molecular weight is 1110 g/mol. The minimum absolute atomic E-state index is 0.584. The van der Waals surface area contributed by atoms with E-state index in [9.17, 15) is 0 Å². The fourth-order valence-electron chi connectivity index (χ4n) is 14.7. The second-order valence-electron chi connectivity index (χ2n) is 24.5. The Morgan fingerprint density at radius 1 is 0.221 bits per heavy atom. The largest absolute Gasteiger partial charge is 0.309 e. The number of rotatable bonds is 9. The lowest BCUT2D eigenvalue weighted by Crippen LogP contribution is -2.04. The van der Waals surface area contributed by atoms with Crippen LogP contribution < -0.4 is 0 Å². The van der Waals surface area contributed by atoms with E-state index in [-0.39, 0.29) is 0 Å². The summed E-state index contributed by atoms with van der Waals surface area (Å²) in [6.45, 7) is 26.7. The fraction of sp³-hybridized carbons (Fsp3) is 0.148. The van der Waals surface area contributed by atoms with Crippen molar-refractivity contribution in [3.63, 3.8) is 0 Å². The van der Waals surface area contributed by atoms with Crippen LogP contribution in [-0.2, 0) is 0 Å². The molecule has 0 unspecified atom stereocenters. The Morgan fingerprint density at radius 2 is 0.512 bits per heavy atom. The zero-order valence-electron chi connectivity index (χ0n) is 51.3. The lowest BCUT2D eigenvalue weighted by atomic mass is 9.92. The molecule has 3 aromatic heterocycles. The molecule has 86 heavy (non-hydrogen) atoms. The number of aromatic nitrogens is 5. The Morgan fingerprint density at radius 3 is 0.837 bits per heavy atom. The van der Waals surface area contributed by atoms with Gasteiger partial charge in [-0.05, 0) is 227 Å². The second kappa shape index (κ2) is 21.0. The standard InChI is InChI=1S/C81H69N5/c1-46-31-50(5)75(51(6)32-46)60-25-29-71-69(41-60)67-27-23-62(77-54(9)35-48(3)36-55(77)10)43-73(67)85(71)65-39-64(81-83-79(58-19-15-13-16-20-58)82-80(84-81)59-21-17-14-18-22-59)40-66(45-65)86-72-30-26-61(76-52(7)33-47(2)34-53(76)8)42-70(72)68-28-24-63(44-74(68)86)78-56(11)37-49(4)38-57(78)12/h13-45H,1-12H3. The molecule has 0 aliphatic carbocycles. The van der Waals surface area contributed by atoms with E-state index < -0.39 is 0 Å². The van der Waals surface area contributed by atoms with Crippen molar-refractivity contribution in [1.82, 2.24) is 24.1 Å². The molecule has 0 aliphatic rings. The van der Waals surface area contributed by atoms with Crippen molar-refractivity contribution < 1.29 is 0 Å². The highest BCUT2D eigenvalue weighted by atomic mass is 15.0. The molecular formula is C81H69N5. The third kappa shape index (κ3) is 9.30. The maximum Gasteiger partial charge on any atom is 0.164 e. The van der Waals surface area contributed by atoms with Gasteiger partial charge in [-0.3, -0.25) is 0 Å². The van der Waals surface area contributed by atoms with Crippen molar-refractivity contribution in [2.24, 2.45) is 0 Å². The molecule has 0 saturated heterocycles. The Kier molecular flexibility index (Phi) is 13.2. The van der Waals surface area contributed by atoms with Gasteiger partial charge in [-0.1, -0.05) is 168 Å². The Balaban J connectivity index is 1.12. The molecule has 0 bridgehead atoms. The molecule has 5 nitrogen and oxygen atoms in total. The summed E-state index contributed by atoms with van der Waals surface area (Å²) in [5.41, 5.74) is 34.2. The zero-order valence-corrected chi connectivity index (χ0v) is 51.3. The van der Waals surface area contributed by atoms with E-state index >= 15 is 0 Å². The van der Waals surface area contributed by atoms with Crippen molar-refractivity contribution >= 4 is 43.6 Å². The monoisotopic (exact) mass is 1110 g/mol. The number of fused-ring (bicyclic) bond motifs is 6. The quantitative estimate of drug-likeness (QED) is 0.145. The minimum atomic E-state index is 0.584. The fourth-order valence-corrected chi connectivity index (χ4v) is 14.7. The molecule has 0 radical (unpaired) electrons. The number of hydrogen-bond donors (Lipinski definition) is 0. The number of nitrogens with zero attached hydrogens (tertiary/aromatic N) is 5. The molecular weight excluding hydrogens is 1040 g/mol. The summed E-state index contributed by atoms with van der Waals surface area (Å²) in [7, 11) is 0. The Labute approximate surface area is 505 Å². The number of aryl methyl sites for hydroxylation is 12. The predicted molar refractivity (Wildman–Crippen MR) is 363 cm³/mol. The van der Waals surface area contributed by atoms with Gasteiger partial charge in [-0.25, -0.2) is 15.0 Å². The first-order chi connectivity index (χ1) is 41.5. The van der Waals surface area contributed by atoms with Gasteiger partial charge in [-0.2, -0.15) is 0 Å². The topological polar surface area (TPSA) is 48.5 Å². The minimum Gasteiger partial charge on any atom is -0.309 e. The van der Waals surface area contributed by atoms with Crippen LogP contribution in [0, 0.1) is 83.1 Å². The maximum atomic E-state index is 5.45. The molecule has 0 saturated carbocycles. The van der Waals surface area contributed by atoms with Crippen LogP contribution in [0.2, 0.25) is 0 Å². The van der Waals surface area contributed by atoms with Crippen molar-refractivity contribution in [3.05, 3.63) is 267 Å². The van der Waals surface area contributed by atoms with Crippen molar-refractivity contribution in [2.75, 3.05) is 0 Å². The van der Waals surface area contributed by atoms with Crippen molar-refractivity contribution in [1.29, 1.82) is 0 Å². The third-order valence-corrected chi connectivity index (χ3v) is 17.8. The SMILES string of the molecule is Cc1cc(C)c(-c2ccc3c(c2)c2ccc(-c4c(C)cc(C)cc4C)cc2n3-c2cc(-c3nc(-c4ccccc4)nc(-c4ccccc4)n3)cc(-n3c4ccc(-c5c(C)cc(C)cc5C)cc4c4ccc(-c5c(C)cc(C)cc5C)cc43)c2)c(C)c1. The molecule has 11 aromatic carbocycles. The highest BCUT2D eigenvalue weighted by molar-refractivity contribution is 6.13. The lowest BCUT2D eigenvalue weighted by Gasteiger charge is -2.17. The third-order valence-electron chi connectivity index (χ3n) is 17.8. The molecule has 14 rings (SSSR count). The highest BCUT2D eigenvalue weighted by Gasteiger charge is 2.24. The first-order valence-corrected chi connectivity index (χ1v) is 30.1. The smallest absolute Gasteiger partial charge is 0.164 e. The normalized spacial score (nSPS) is 11.7. The predicted octanol–water partition coefficient (Wildman–Crippen LogP) is 21.4. The van der Waals surface area contributed by atoms with Crippen molar-refractivity contribution in [2.45, 2.75) is 83.1 Å². The molecule has 0 spiro atoms. The summed E-state index contributed by atoms with van der Waals surface area (Å²) in [6, 6.07) is 74.5. The van der Waals surface area contributed by atoms with E-state index in [0.717, 1.165) is 50.1 Å². The van der Waals surface area contributed by atoms with Crippen LogP contribution in [0.1, 0.15) is 66.8 Å². The van der Waals surface area contributed by atoms with Crippen LogP contribution in [0.3, 0.4) is 0 Å². The zero-order chi connectivity index (χ0) is 59.4. The average Bonchev–Trinajstić information content (AvgIpc) is 1.60. The highest BCUT2D eigenvalue weighted by Crippen LogP contribution is 2.44. The van der Waals surface area contributed by atoms with E-state index in [2.05, 4.69) is 256 Å². The summed E-state index contributed by atoms with van der Waals surface area (Å²) < 4.78 is 4.99. The molecule has 14 aromatic rings. The molecule has 0 aliphatic heterocycles. The van der Waals surface area contributed by atoms with Gasteiger partial charge in [0.2, 0.25) is 0 Å². The summed E-state index contributed by atoms with van der Waals surface area (Å²) in [6.07, 6.45) is 0. The molecule has 418 valence electrons. The summed E-state index contributed by atoms with van der Waals surface area (Å²) in [5.74, 6) is 1.81. The van der Waals surface area contributed by atoms with Crippen molar-refractivity contribution in [3.8, 4) is 90.0 Å². The van der Waals surface area contributed by atoms with Gasteiger partial charge in [0.25, 0.3) is 0 Å². The molecule has 0 N–H and O–H groups in total. The van der Waals surface area contributed by atoms with Gasteiger partial charge in [-0.15, -0.1) is 0 Å². The van der Waals surface area contributed by atoms with Gasteiger partial charge in [0.15, 0.2) is 17.5 Å². The molecule has 0 fully saturated rings. The summed E-state index contributed by atoms with van der Waals surface area (Å²) >= 11 is 0. The molecule has 5 heteroatoms. The second-order valence-corrected chi connectivity index (χ2v) is 24.5. The van der Waals surface area contributed by atoms with Crippen LogP contribution in [0.25, 0.3) is 134 Å². The van der Waals surface area contributed by atoms with Crippen LogP contribution >= 0.6 is 0 Å². The van der Waals surface area contributed by atoms with E-state index in [1.165, 1.54) is 133 Å². The van der Waals surface area contributed by atoms with E-state index in [1.807, 2.05) is 36.4 Å². The summed E-state index contributed by atoms with van der Waals surface area (Å²) in [5, 5.41) is 4.73.